The lowest BCUT2D eigenvalue weighted by atomic mass is 9.97. The Morgan fingerprint density at radius 3 is 2.47 bits per heavy atom. The van der Waals surface area contributed by atoms with Crippen molar-refractivity contribution in [3.63, 3.8) is 0 Å². The number of carbonyl (C=O) groups excluding carboxylic acids is 1. The molecule has 19 heavy (non-hydrogen) atoms. The molecule has 4 heteroatoms. The zero-order valence-corrected chi connectivity index (χ0v) is 13.1. The summed E-state index contributed by atoms with van der Waals surface area (Å²) in [5.74, 6) is 0.899. The fraction of sp³-hybridized carbons (Fsp3) is 0.933. The third kappa shape index (κ3) is 6.39. The van der Waals surface area contributed by atoms with Crippen LogP contribution in [0.1, 0.15) is 47.0 Å². The molecule has 4 nitrogen and oxygen atoms in total. The predicted octanol–water partition coefficient (Wildman–Crippen LogP) is 1.61. The number of nitrogens with zero attached hydrogens (tertiary/aromatic N) is 1. The standard InChI is InChI=1S/C15H31N3O/c1-5-15(3,4)17-14(19)12-18(6-2)11-13-7-9-16-10-8-13/h13,16H,5-12H2,1-4H3,(H,17,19). The van der Waals surface area contributed by atoms with Crippen LogP contribution in [-0.4, -0.2) is 49.1 Å². The number of piperidine rings is 1. The lowest BCUT2D eigenvalue weighted by Crippen LogP contribution is -2.48. The van der Waals surface area contributed by atoms with Crippen molar-refractivity contribution in [2.24, 2.45) is 5.92 Å². The van der Waals surface area contributed by atoms with Gasteiger partial charge in [-0.15, -0.1) is 0 Å². The van der Waals surface area contributed by atoms with Crippen LogP contribution >= 0.6 is 0 Å². The largest absolute Gasteiger partial charge is 0.350 e. The van der Waals surface area contributed by atoms with E-state index in [1.165, 1.54) is 12.8 Å². The molecule has 0 aromatic rings. The Balaban J connectivity index is 2.36. The van der Waals surface area contributed by atoms with Gasteiger partial charge in [0.2, 0.25) is 5.91 Å². The molecule has 0 radical (unpaired) electrons. The van der Waals surface area contributed by atoms with Crippen LogP contribution in [-0.2, 0) is 4.79 Å². The summed E-state index contributed by atoms with van der Waals surface area (Å²) in [6.45, 7) is 13.2. The molecule has 1 amide bonds. The highest BCUT2D eigenvalue weighted by atomic mass is 16.2. The van der Waals surface area contributed by atoms with Crippen LogP contribution in [0.5, 0.6) is 0 Å². The van der Waals surface area contributed by atoms with E-state index in [2.05, 4.69) is 43.2 Å². The van der Waals surface area contributed by atoms with E-state index in [0.717, 1.165) is 38.5 Å². The molecule has 1 heterocycles. The van der Waals surface area contributed by atoms with E-state index < -0.39 is 0 Å². The van der Waals surface area contributed by atoms with Crippen molar-refractivity contribution in [1.29, 1.82) is 0 Å². The molecule has 112 valence electrons. The van der Waals surface area contributed by atoms with Gasteiger partial charge in [-0.1, -0.05) is 13.8 Å². The zero-order valence-electron chi connectivity index (χ0n) is 13.1. The van der Waals surface area contributed by atoms with E-state index in [4.69, 9.17) is 0 Å². The minimum absolute atomic E-state index is 0.0920. The molecule has 0 atom stereocenters. The van der Waals surface area contributed by atoms with E-state index in [1.54, 1.807) is 0 Å². The minimum Gasteiger partial charge on any atom is -0.350 e. The van der Waals surface area contributed by atoms with Crippen molar-refractivity contribution in [3.05, 3.63) is 0 Å². The predicted molar refractivity (Wildman–Crippen MR) is 80.2 cm³/mol. The second-order valence-corrected chi connectivity index (χ2v) is 6.31. The SMILES string of the molecule is CCN(CC(=O)NC(C)(C)CC)CC1CCNCC1. The minimum atomic E-state index is -0.0920. The Kier molecular flexibility index (Phi) is 6.80. The van der Waals surface area contributed by atoms with Gasteiger partial charge in [0.1, 0.15) is 0 Å². The highest BCUT2D eigenvalue weighted by Crippen LogP contribution is 2.13. The maximum atomic E-state index is 12.1. The van der Waals surface area contributed by atoms with Crippen LogP contribution < -0.4 is 10.6 Å². The molecule has 1 aliphatic rings. The summed E-state index contributed by atoms with van der Waals surface area (Å²) in [6.07, 6.45) is 3.43. The van der Waals surface area contributed by atoms with Gasteiger partial charge in [0.05, 0.1) is 6.54 Å². The quantitative estimate of drug-likeness (QED) is 0.738. The first-order chi connectivity index (χ1) is 8.96. The molecular weight excluding hydrogens is 238 g/mol. The smallest absolute Gasteiger partial charge is 0.234 e. The molecule has 1 saturated heterocycles. The average Bonchev–Trinajstić information content (AvgIpc) is 2.38. The summed E-state index contributed by atoms with van der Waals surface area (Å²) >= 11 is 0. The zero-order chi connectivity index (χ0) is 14.3. The van der Waals surface area contributed by atoms with Crippen LogP contribution in [0.15, 0.2) is 0 Å². The van der Waals surface area contributed by atoms with E-state index in [1.807, 2.05) is 0 Å². The number of hydrogen-bond donors (Lipinski definition) is 2. The van der Waals surface area contributed by atoms with Crippen molar-refractivity contribution in [1.82, 2.24) is 15.5 Å². The number of likely N-dealkylation sites (N-methyl/N-ethyl adjacent to an activating group) is 1. The molecule has 2 N–H and O–H groups in total. The second-order valence-electron chi connectivity index (χ2n) is 6.31. The normalized spacial score (nSPS) is 17.7. The van der Waals surface area contributed by atoms with E-state index >= 15 is 0 Å². The molecule has 1 rings (SSSR count). The van der Waals surface area contributed by atoms with Crippen LogP contribution in [0.4, 0.5) is 0 Å². The van der Waals surface area contributed by atoms with Gasteiger partial charge < -0.3 is 10.6 Å². The van der Waals surface area contributed by atoms with Crippen molar-refractivity contribution >= 4 is 5.91 Å². The molecule has 0 spiro atoms. The van der Waals surface area contributed by atoms with Gasteiger partial charge in [-0.05, 0) is 58.7 Å². The summed E-state index contributed by atoms with van der Waals surface area (Å²) in [5, 5.41) is 6.50. The van der Waals surface area contributed by atoms with Crippen LogP contribution in [0.3, 0.4) is 0 Å². The number of carbonyl (C=O) groups is 1. The van der Waals surface area contributed by atoms with Gasteiger partial charge in [0.15, 0.2) is 0 Å². The van der Waals surface area contributed by atoms with Gasteiger partial charge >= 0.3 is 0 Å². The molecule has 1 fully saturated rings. The molecule has 0 saturated carbocycles. The molecule has 0 aliphatic carbocycles. The maximum Gasteiger partial charge on any atom is 0.234 e. The van der Waals surface area contributed by atoms with E-state index in [0.29, 0.717) is 6.54 Å². The monoisotopic (exact) mass is 269 g/mol. The lowest BCUT2D eigenvalue weighted by Gasteiger charge is -2.30. The van der Waals surface area contributed by atoms with Gasteiger partial charge in [-0.25, -0.2) is 0 Å². The Labute approximate surface area is 118 Å². The first-order valence-electron chi connectivity index (χ1n) is 7.71. The van der Waals surface area contributed by atoms with Crippen LogP contribution in [0.25, 0.3) is 0 Å². The third-order valence-corrected chi connectivity index (χ3v) is 4.15. The van der Waals surface area contributed by atoms with E-state index in [9.17, 15) is 4.79 Å². The summed E-state index contributed by atoms with van der Waals surface area (Å²) in [5.41, 5.74) is -0.0920. The van der Waals surface area contributed by atoms with Crippen molar-refractivity contribution in [2.45, 2.75) is 52.5 Å². The number of amides is 1. The summed E-state index contributed by atoms with van der Waals surface area (Å²) < 4.78 is 0. The number of rotatable bonds is 7. The van der Waals surface area contributed by atoms with Gasteiger partial charge in [-0.3, -0.25) is 9.69 Å². The lowest BCUT2D eigenvalue weighted by molar-refractivity contribution is -0.124. The van der Waals surface area contributed by atoms with Gasteiger partial charge in [0, 0.05) is 12.1 Å². The summed E-state index contributed by atoms with van der Waals surface area (Å²) in [6, 6.07) is 0. The Morgan fingerprint density at radius 1 is 1.32 bits per heavy atom. The Morgan fingerprint density at radius 2 is 1.95 bits per heavy atom. The fourth-order valence-electron chi connectivity index (χ4n) is 2.44. The van der Waals surface area contributed by atoms with Crippen molar-refractivity contribution in [2.75, 3.05) is 32.7 Å². The Bertz CT molecular complexity index is 273. The topological polar surface area (TPSA) is 44.4 Å². The highest BCUT2D eigenvalue weighted by Gasteiger charge is 2.21. The van der Waals surface area contributed by atoms with Gasteiger partial charge in [0.25, 0.3) is 0 Å². The summed E-state index contributed by atoms with van der Waals surface area (Å²) in [7, 11) is 0. The first-order valence-corrected chi connectivity index (χ1v) is 7.71. The van der Waals surface area contributed by atoms with Gasteiger partial charge in [-0.2, -0.15) is 0 Å². The van der Waals surface area contributed by atoms with Crippen molar-refractivity contribution < 1.29 is 4.79 Å². The average molecular weight is 269 g/mol. The molecular formula is C15H31N3O. The number of hydrogen-bond acceptors (Lipinski definition) is 3. The van der Waals surface area contributed by atoms with Crippen LogP contribution in [0, 0.1) is 5.92 Å². The second kappa shape index (κ2) is 7.85. The molecule has 0 unspecified atom stereocenters. The Hall–Kier alpha value is -0.610. The van der Waals surface area contributed by atoms with Crippen molar-refractivity contribution in [3.8, 4) is 0 Å². The van der Waals surface area contributed by atoms with Crippen LogP contribution in [0.2, 0.25) is 0 Å². The highest BCUT2D eigenvalue weighted by molar-refractivity contribution is 5.78. The maximum absolute atomic E-state index is 12.1. The summed E-state index contributed by atoms with van der Waals surface area (Å²) in [4.78, 5) is 14.3. The molecule has 1 aliphatic heterocycles. The van der Waals surface area contributed by atoms with E-state index in [-0.39, 0.29) is 11.4 Å². The molecule has 0 aromatic heterocycles. The molecule has 0 bridgehead atoms. The fourth-order valence-corrected chi connectivity index (χ4v) is 2.44. The first kappa shape index (κ1) is 16.4. The third-order valence-electron chi connectivity index (χ3n) is 4.15. The molecule has 0 aromatic carbocycles. The number of nitrogens with one attached hydrogen (secondary N) is 2.